The summed E-state index contributed by atoms with van der Waals surface area (Å²) in [7, 11) is 0. The summed E-state index contributed by atoms with van der Waals surface area (Å²) in [4.78, 5) is 24.0. The molecule has 5 heteroatoms. The SMILES string of the molecule is CC#CCn1c(Cl)cc(=O)[nH]c1=O. The van der Waals surface area contributed by atoms with E-state index in [1.54, 1.807) is 6.92 Å². The number of rotatable bonds is 1. The van der Waals surface area contributed by atoms with Gasteiger partial charge in [0.1, 0.15) is 5.15 Å². The van der Waals surface area contributed by atoms with Gasteiger partial charge >= 0.3 is 5.69 Å². The first-order valence-electron chi connectivity index (χ1n) is 3.54. The van der Waals surface area contributed by atoms with E-state index in [9.17, 15) is 9.59 Å². The molecule has 1 aromatic heterocycles. The Morgan fingerprint density at radius 2 is 2.31 bits per heavy atom. The number of halogens is 1. The normalized spacial score (nSPS) is 9.08. The van der Waals surface area contributed by atoms with Crippen molar-refractivity contribution in [2.75, 3.05) is 0 Å². The fourth-order valence-corrected chi connectivity index (χ4v) is 1.03. The Bertz CT molecular complexity index is 475. The standard InChI is InChI=1S/C8H7ClN2O2/c1-2-3-4-11-6(9)5-7(12)10-8(11)13/h5H,4H2,1H3,(H,10,12,13). The van der Waals surface area contributed by atoms with Gasteiger partial charge in [0.25, 0.3) is 5.56 Å². The van der Waals surface area contributed by atoms with Gasteiger partial charge in [-0.15, -0.1) is 5.92 Å². The van der Waals surface area contributed by atoms with Crippen LogP contribution in [-0.4, -0.2) is 9.55 Å². The summed E-state index contributed by atoms with van der Waals surface area (Å²) < 4.78 is 1.18. The monoisotopic (exact) mass is 198 g/mol. The first-order chi connectivity index (χ1) is 6.15. The molecule has 0 fully saturated rings. The number of aromatic nitrogens is 2. The van der Waals surface area contributed by atoms with Crippen LogP contribution in [0.4, 0.5) is 0 Å². The summed E-state index contributed by atoms with van der Waals surface area (Å²) in [6.45, 7) is 1.84. The molecule has 0 aliphatic rings. The van der Waals surface area contributed by atoms with Crippen molar-refractivity contribution in [1.82, 2.24) is 9.55 Å². The van der Waals surface area contributed by atoms with Gasteiger partial charge in [-0.3, -0.25) is 14.3 Å². The number of nitrogens with zero attached hydrogens (tertiary/aromatic N) is 1. The third-order valence-corrected chi connectivity index (χ3v) is 1.71. The Hall–Kier alpha value is -1.47. The molecule has 0 atom stereocenters. The van der Waals surface area contributed by atoms with Gasteiger partial charge in [-0.25, -0.2) is 4.79 Å². The highest BCUT2D eigenvalue weighted by Gasteiger charge is 2.00. The molecule has 0 aromatic carbocycles. The van der Waals surface area contributed by atoms with Crippen molar-refractivity contribution < 1.29 is 0 Å². The molecule has 1 N–H and O–H groups in total. The van der Waals surface area contributed by atoms with Gasteiger partial charge in [-0.05, 0) is 6.92 Å². The van der Waals surface area contributed by atoms with Crippen molar-refractivity contribution in [3.05, 3.63) is 32.1 Å². The maximum atomic E-state index is 11.1. The van der Waals surface area contributed by atoms with Crippen LogP contribution in [0.15, 0.2) is 15.7 Å². The molecule has 1 heterocycles. The largest absolute Gasteiger partial charge is 0.330 e. The molecule has 0 bridgehead atoms. The van der Waals surface area contributed by atoms with Crippen LogP contribution in [0.5, 0.6) is 0 Å². The first kappa shape index (κ1) is 9.62. The van der Waals surface area contributed by atoms with Crippen LogP contribution < -0.4 is 11.2 Å². The lowest BCUT2D eigenvalue weighted by molar-refractivity contribution is 0.750. The molecule has 0 unspecified atom stereocenters. The zero-order valence-electron chi connectivity index (χ0n) is 6.93. The maximum absolute atomic E-state index is 11.1. The Kier molecular flexibility index (Phi) is 2.93. The fraction of sp³-hybridized carbons (Fsp3) is 0.250. The Labute approximate surface area is 79.2 Å². The fourth-order valence-electron chi connectivity index (χ4n) is 0.798. The molecule has 1 rings (SSSR count). The average Bonchev–Trinajstić information content (AvgIpc) is 2.02. The summed E-state index contributed by atoms with van der Waals surface area (Å²) in [5.74, 6) is 5.30. The van der Waals surface area contributed by atoms with E-state index in [-0.39, 0.29) is 11.7 Å². The molecule has 0 saturated heterocycles. The number of hydrogen-bond acceptors (Lipinski definition) is 2. The molecule has 0 spiro atoms. The highest BCUT2D eigenvalue weighted by Crippen LogP contribution is 1.99. The van der Waals surface area contributed by atoms with Crippen LogP contribution in [0, 0.1) is 11.8 Å². The van der Waals surface area contributed by atoms with Crippen molar-refractivity contribution in [1.29, 1.82) is 0 Å². The molecule has 0 radical (unpaired) electrons. The molecule has 0 aliphatic heterocycles. The van der Waals surface area contributed by atoms with E-state index in [0.717, 1.165) is 6.07 Å². The summed E-state index contributed by atoms with van der Waals surface area (Å²) in [6, 6.07) is 1.14. The van der Waals surface area contributed by atoms with Gasteiger partial charge in [-0.2, -0.15) is 0 Å². The number of aromatic amines is 1. The smallest absolute Gasteiger partial charge is 0.274 e. The quantitative estimate of drug-likeness (QED) is 0.518. The summed E-state index contributed by atoms with van der Waals surface area (Å²) in [5.41, 5.74) is -1.05. The Morgan fingerprint density at radius 3 is 2.85 bits per heavy atom. The van der Waals surface area contributed by atoms with Crippen LogP contribution in [0.3, 0.4) is 0 Å². The van der Waals surface area contributed by atoms with Crippen LogP contribution in [-0.2, 0) is 6.54 Å². The molecule has 0 amide bonds. The molecular formula is C8H7ClN2O2. The predicted octanol–water partition coefficient (Wildman–Crippen LogP) is 0.213. The second kappa shape index (κ2) is 3.97. The number of H-pyrrole nitrogens is 1. The van der Waals surface area contributed by atoms with Crippen LogP contribution >= 0.6 is 11.6 Å². The number of nitrogens with one attached hydrogen (secondary N) is 1. The molecule has 1 aromatic rings. The summed E-state index contributed by atoms with van der Waals surface area (Å²) in [5, 5.41) is 0.0940. The lowest BCUT2D eigenvalue weighted by Gasteiger charge is -2.00. The zero-order chi connectivity index (χ0) is 9.84. The minimum Gasteiger partial charge on any atom is -0.274 e. The molecular weight excluding hydrogens is 192 g/mol. The van der Waals surface area contributed by atoms with Gasteiger partial charge in [-0.1, -0.05) is 17.5 Å². The number of hydrogen-bond donors (Lipinski definition) is 1. The van der Waals surface area contributed by atoms with Gasteiger partial charge in [0.05, 0.1) is 6.54 Å². The van der Waals surface area contributed by atoms with E-state index in [0.29, 0.717) is 0 Å². The van der Waals surface area contributed by atoms with Gasteiger partial charge in [0.15, 0.2) is 0 Å². The topological polar surface area (TPSA) is 54.9 Å². The maximum Gasteiger partial charge on any atom is 0.330 e. The second-order valence-corrected chi connectivity index (χ2v) is 2.66. The minimum absolute atomic E-state index is 0.0940. The van der Waals surface area contributed by atoms with E-state index >= 15 is 0 Å². The lowest BCUT2D eigenvalue weighted by atomic mass is 10.5. The van der Waals surface area contributed by atoms with Gasteiger partial charge in [0, 0.05) is 6.07 Å². The van der Waals surface area contributed by atoms with Crippen molar-refractivity contribution in [3.8, 4) is 11.8 Å². The van der Waals surface area contributed by atoms with Crippen LogP contribution in [0.25, 0.3) is 0 Å². The van der Waals surface area contributed by atoms with Crippen molar-refractivity contribution >= 4 is 11.6 Å². The van der Waals surface area contributed by atoms with Crippen molar-refractivity contribution in [2.45, 2.75) is 13.5 Å². The molecule has 0 aliphatic carbocycles. The average molecular weight is 199 g/mol. The summed E-state index contributed by atoms with van der Waals surface area (Å²) >= 11 is 5.65. The molecule has 13 heavy (non-hydrogen) atoms. The third kappa shape index (κ3) is 2.23. The van der Waals surface area contributed by atoms with Gasteiger partial charge < -0.3 is 0 Å². The Morgan fingerprint density at radius 1 is 1.62 bits per heavy atom. The predicted molar refractivity (Wildman–Crippen MR) is 49.8 cm³/mol. The van der Waals surface area contributed by atoms with E-state index in [4.69, 9.17) is 11.6 Å². The molecule has 4 nitrogen and oxygen atoms in total. The first-order valence-corrected chi connectivity index (χ1v) is 3.92. The highest BCUT2D eigenvalue weighted by atomic mass is 35.5. The van der Waals surface area contributed by atoms with Crippen LogP contribution in [0.2, 0.25) is 5.15 Å². The molecule has 68 valence electrons. The summed E-state index contributed by atoms with van der Waals surface area (Å²) in [6.07, 6.45) is 0. The van der Waals surface area contributed by atoms with Gasteiger partial charge in [0.2, 0.25) is 0 Å². The third-order valence-electron chi connectivity index (χ3n) is 1.40. The van der Waals surface area contributed by atoms with E-state index in [1.165, 1.54) is 4.57 Å². The molecule has 0 saturated carbocycles. The van der Waals surface area contributed by atoms with E-state index in [2.05, 4.69) is 16.8 Å². The Balaban J connectivity index is 3.26. The van der Waals surface area contributed by atoms with Crippen molar-refractivity contribution in [2.24, 2.45) is 0 Å². The van der Waals surface area contributed by atoms with Crippen molar-refractivity contribution in [3.63, 3.8) is 0 Å². The van der Waals surface area contributed by atoms with E-state index in [1.807, 2.05) is 0 Å². The van der Waals surface area contributed by atoms with E-state index < -0.39 is 11.2 Å². The zero-order valence-corrected chi connectivity index (χ0v) is 7.68. The highest BCUT2D eigenvalue weighted by molar-refractivity contribution is 6.29. The second-order valence-electron chi connectivity index (χ2n) is 2.27. The lowest BCUT2D eigenvalue weighted by Crippen LogP contribution is -2.29. The van der Waals surface area contributed by atoms with Crippen LogP contribution in [0.1, 0.15) is 6.92 Å². The minimum atomic E-state index is -0.541.